The van der Waals surface area contributed by atoms with Gasteiger partial charge in [0.15, 0.2) is 0 Å². The molecule has 0 rings (SSSR count). The van der Waals surface area contributed by atoms with Crippen LogP contribution in [0.15, 0.2) is 0 Å². The molecule has 0 saturated heterocycles. The summed E-state index contributed by atoms with van der Waals surface area (Å²) >= 11 is 0. The van der Waals surface area contributed by atoms with Crippen molar-refractivity contribution in [3.05, 3.63) is 0 Å². The molecule has 0 aromatic carbocycles. The Morgan fingerprint density at radius 3 is 1.91 bits per heavy atom. The quantitative estimate of drug-likeness (QED) is 0.610. The third-order valence-electron chi connectivity index (χ3n) is 1.88. The lowest BCUT2D eigenvalue weighted by Gasteiger charge is -2.17. The minimum Gasteiger partial charge on any atom is -0.330 e. The SMILES string of the molecule is CC(C)(C)CCCCCCN. The van der Waals surface area contributed by atoms with Crippen LogP contribution >= 0.6 is 0 Å². The van der Waals surface area contributed by atoms with Crippen LogP contribution in [0.5, 0.6) is 0 Å². The topological polar surface area (TPSA) is 26.0 Å². The Morgan fingerprint density at radius 1 is 0.909 bits per heavy atom. The Balaban J connectivity index is 3.02. The Kier molecular flexibility index (Phi) is 5.57. The molecule has 0 fully saturated rings. The molecule has 0 bridgehead atoms. The van der Waals surface area contributed by atoms with E-state index in [1.807, 2.05) is 0 Å². The zero-order valence-electron chi connectivity index (χ0n) is 8.32. The van der Waals surface area contributed by atoms with Gasteiger partial charge in [-0.15, -0.1) is 0 Å². The third-order valence-corrected chi connectivity index (χ3v) is 1.88. The normalized spacial score (nSPS) is 12.0. The van der Waals surface area contributed by atoms with E-state index in [1.165, 1.54) is 32.1 Å². The van der Waals surface area contributed by atoms with Crippen molar-refractivity contribution in [3.63, 3.8) is 0 Å². The predicted molar refractivity (Wildman–Crippen MR) is 51.6 cm³/mol. The molecule has 0 saturated carbocycles. The van der Waals surface area contributed by atoms with Crippen LogP contribution in [0.2, 0.25) is 0 Å². The lowest BCUT2D eigenvalue weighted by Crippen LogP contribution is -2.04. The number of hydrogen-bond acceptors (Lipinski definition) is 1. The van der Waals surface area contributed by atoms with Gasteiger partial charge in [0.2, 0.25) is 0 Å². The highest BCUT2D eigenvalue weighted by atomic mass is 14.5. The second-order valence-electron chi connectivity index (χ2n) is 4.51. The summed E-state index contributed by atoms with van der Waals surface area (Å²) in [4.78, 5) is 0. The Bertz CT molecular complexity index is 81.4. The second kappa shape index (κ2) is 5.59. The molecule has 0 aromatic heterocycles. The van der Waals surface area contributed by atoms with Crippen LogP contribution in [-0.4, -0.2) is 6.54 Å². The fourth-order valence-electron chi connectivity index (χ4n) is 1.15. The van der Waals surface area contributed by atoms with Crippen LogP contribution in [0.3, 0.4) is 0 Å². The van der Waals surface area contributed by atoms with E-state index in [1.54, 1.807) is 0 Å². The summed E-state index contributed by atoms with van der Waals surface area (Å²) in [6.45, 7) is 7.76. The van der Waals surface area contributed by atoms with Gasteiger partial charge in [0.25, 0.3) is 0 Å². The highest BCUT2D eigenvalue weighted by Gasteiger charge is 2.08. The van der Waals surface area contributed by atoms with Gasteiger partial charge in [-0.05, 0) is 24.8 Å². The highest BCUT2D eigenvalue weighted by Crippen LogP contribution is 2.22. The van der Waals surface area contributed by atoms with Crippen molar-refractivity contribution in [1.82, 2.24) is 0 Å². The number of unbranched alkanes of at least 4 members (excludes halogenated alkanes) is 3. The van der Waals surface area contributed by atoms with Crippen LogP contribution in [0.4, 0.5) is 0 Å². The maximum atomic E-state index is 5.40. The first kappa shape index (κ1) is 11.0. The molecule has 0 aliphatic rings. The van der Waals surface area contributed by atoms with E-state index in [-0.39, 0.29) is 0 Å². The molecular formula is C10H23N. The smallest absolute Gasteiger partial charge is 0.00773 e. The second-order valence-corrected chi connectivity index (χ2v) is 4.51. The fourth-order valence-corrected chi connectivity index (χ4v) is 1.15. The average molecular weight is 157 g/mol. The summed E-state index contributed by atoms with van der Waals surface area (Å²) in [6.07, 6.45) is 6.58. The van der Waals surface area contributed by atoms with E-state index in [0.717, 1.165) is 6.54 Å². The summed E-state index contributed by atoms with van der Waals surface area (Å²) in [5.74, 6) is 0. The maximum Gasteiger partial charge on any atom is -0.00773 e. The minimum atomic E-state index is 0.517. The van der Waals surface area contributed by atoms with E-state index in [4.69, 9.17) is 5.73 Å². The van der Waals surface area contributed by atoms with Crippen molar-refractivity contribution >= 4 is 0 Å². The maximum absolute atomic E-state index is 5.40. The van der Waals surface area contributed by atoms with E-state index >= 15 is 0 Å². The minimum absolute atomic E-state index is 0.517. The molecule has 0 radical (unpaired) electrons. The van der Waals surface area contributed by atoms with E-state index in [9.17, 15) is 0 Å². The predicted octanol–water partition coefficient (Wildman–Crippen LogP) is 2.94. The molecule has 0 spiro atoms. The van der Waals surface area contributed by atoms with Crippen molar-refractivity contribution in [3.8, 4) is 0 Å². The van der Waals surface area contributed by atoms with Gasteiger partial charge in [-0.3, -0.25) is 0 Å². The molecule has 0 atom stereocenters. The first-order valence-electron chi connectivity index (χ1n) is 4.76. The molecular weight excluding hydrogens is 134 g/mol. The number of nitrogens with two attached hydrogens (primary N) is 1. The summed E-state index contributed by atoms with van der Waals surface area (Å²) in [6, 6.07) is 0. The van der Waals surface area contributed by atoms with Crippen LogP contribution in [-0.2, 0) is 0 Å². The zero-order chi connectivity index (χ0) is 8.74. The van der Waals surface area contributed by atoms with Gasteiger partial charge in [-0.25, -0.2) is 0 Å². The molecule has 2 N–H and O–H groups in total. The monoisotopic (exact) mass is 157 g/mol. The summed E-state index contributed by atoms with van der Waals surface area (Å²) in [5.41, 5.74) is 5.91. The standard InChI is InChI=1S/C10H23N/c1-10(2,3)8-6-4-5-7-9-11/h4-9,11H2,1-3H3. The molecule has 1 nitrogen and oxygen atoms in total. The number of rotatable bonds is 5. The van der Waals surface area contributed by atoms with Crippen LogP contribution in [0.25, 0.3) is 0 Å². The van der Waals surface area contributed by atoms with E-state index in [0.29, 0.717) is 5.41 Å². The largest absolute Gasteiger partial charge is 0.330 e. The van der Waals surface area contributed by atoms with Gasteiger partial charge < -0.3 is 5.73 Å². The van der Waals surface area contributed by atoms with Gasteiger partial charge >= 0.3 is 0 Å². The Labute approximate surface area is 71.4 Å². The summed E-state index contributed by atoms with van der Waals surface area (Å²) < 4.78 is 0. The van der Waals surface area contributed by atoms with Gasteiger partial charge in [0.1, 0.15) is 0 Å². The van der Waals surface area contributed by atoms with E-state index in [2.05, 4.69) is 20.8 Å². The molecule has 0 amide bonds. The van der Waals surface area contributed by atoms with Gasteiger partial charge in [-0.1, -0.05) is 40.0 Å². The first-order valence-corrected chi connectivity index (χ1v) is 4.76. The van der Waals surface area contributed by atoms with Crippen molar-refractivity contribution in [1.29, 1.82) is 0 Å². The zero-order valence-corrected chi connectivity index (χ0v) is 8.32. The molecule has 0 aromatic rings. The van der Waals surface area contributed by atoms with Gasteiger partial charge in [0.05, 0.1) is 0 Å². The molecule has 11 heavy (non-hydrogen) atoms. The fraction of sp³-hybridized carbons (Fsp3) is 1.00. The van der Waals surface area contributed by atoms with Crippen molar-refractivity contribution in [2.75, 3.05) is 6.54 Å². The van der Waals surface area contributed by atoms with Crippen LogP contribution < -0.4 is 5.73 Å². The Hall–Kier alpha value is -0.0400. The van der Waals surface area contributed by atoms with E-state index < -0.39 is 0 Å². The van der Waals surface area contributed by atoms with Gasteiger partial charge in [-0.2, -0.15) is 0 Å². The lowest BCUT2D eigenvalue weighted by atomic mass is 9.89. The summed E-state index contributed by atoms with van der Waals surface area (Å²) in [5, 5.41) is 0. The first-order chi connectivity index (χ1) is 5.06. The number of hydrogen-bond donors (Lipinski definition) is 1. The van der Waals surface area contributed by atoms with Crippen molar-refractivity contribution in [2.24, 2.45) is 11.1 Å². The summed E-state index contributed by atoms with van der Waals surface area (Å²) in [7, 11) is 0. The molecule has 0 heterocycles. The average Bonchev–Trinajstić information content (AvgIpc) is 1.85. The van der Waals surface area contributed by atoms with Crippen molar-refractivity contribution in [2.45, 2.75) is 52.9 Å². The third kappa shape index (κ3) is 9.96. The van der Waals surface area contributed by atoms with Gasteiger partial charge in [0, 0.05) is 0 Å². The molecule has 68 valence electrons. The van der Waals surface area contributed by atoms with Crippen LogP contribution in [0.1, 0.15) is 52.9 Å². The molecule has 0 unspecified atom stereocenters. The molecule has 1 heteroatoms. The Morgan fingerprint density at radius 2 is 1.45 bits per heavy atom. The highest BCUT2D eigenvalue weighted by molar-refractivity contribution is 4.60. The molecule has 0 aliphatic heterocycles. The van der Waals surface area contributed by atoms with Crippen LogP contribution in [0, 0.1) is 5.41 Å². The molecule has 0 aliphatic carbocycles. The van der Waals surface area contributed by atoms with Crippen molar-refractivity contribution < 1.29 is 0 Å². The lowest BCUT2D eigenvalue weighted by molar-refractivity contribution is 0.357.